The van der Waals surface area contributed by atoms with Crippen molar-refractivity contribution in [2.75, 3.05) is 19.6 Å². The highest BCUT2D eigenvalue weighted by Gasteiger charge is 2.24. The van der Waals surface area contributed by atoms with E-state index in [9.17, 15) is 4.79 Å². The Morgan fingerprint density at radius 1 is 1.25 bits per heavy atom. The number of hydrogen-bond acceptors (Lipinski definition) is 5. The Kier molecular flexibility index (Phi) is 5.53. The van der Waals surface area contributed by atoms with E-state index in [0.29, 0.717) is 19.0 Å². The van der Waals surface area contributed by atoms with Crippen molar-refractivity contribution >= 4 is 5.91 Å². The zero-order valence-electron chi connectivity index (χ0n) is 14.0. The Bertz CT molecular complexity index is 624. The molecule has 128 valence electrons. The Balaban J connectivity index is 1.63. The zero-order chi connectivity index (χ0) is 16.8. The van der Waals surface area contributed by atoms with Crippen LogP contribution in [-0.2, 0) is 11.2 Å². The van der Waals surface area contributed by atoms with E-state index in [1.807, 2.05) is 30.3 Å². The van der Waals surface area contributed by atoms with Gasteiger partial charge in [0, 0.05) is 19.0 Å². The molecule has 0 bridgehead atoms. The molecule has 7 nitrogen and oxygen atoms in total. The van der Waals surface area contributed by atoms with E-state index in [1.165, 1.54) is 23.9 Å². The fourth-order valence-electron chi connectivity index (χ4n) is 3.13. The smallest absolute Gasteiger partial charge is 0.245 e. The van der Waals surface area contributed by atoms with E-state index in [0.717, 1.165) is 18.7 Å². The maximum Gasteiger partial charge on any atom is 0.245 e. The number of nitrogens with zero attached hydrogens (tertiary/aromatic N) is 5. The molecule has 0 saturated carbocycles. The van der Waals surface area contributed by atoms with Gasteiger partial charge < -0.3 is 5.32 Å². The van der Waals surface area contributed by atoms with Crippen LogP contribution in [0.25, 0.3) is 0 Å². The van der Waals surface area contributed by atoms with E-state index in [1.54, 1.807) is 0 Å². The van der Waals surface area contributed by atoms with Crippen molar-refractivity contribution in [1.82, 2.24) is 30.4 Å². The normalized spacial score (nSPS) is 17.5. The summed E-state index contributed by atoms with van der Waals surface area (Å²) < 4.78 is 1.53. The molecule has 2 aromatic rings. The average Bonchev–Trinajstić information content (AvgIpc) is 3.31. The molecule has 2 atom stereocenters. The first-order valence-electron chi connectivity index (χ1n) is 8.52. The van der Waals surface area contributed by atoms with Crippen molar-refractivity contribution in [1.29, 1.82) is 0 Å². The van der Waals surface area contributed by atoms with Crippen LogP contribution in [0, 0.1) is 0 Å². The van der Waals surface area contributed by atoms with Crippen molar-refractivity contribution in [2.24, 2.45) is 0 Å². The molecule has 1 aromatic carbocycles. The van der Waals surface area contributed by atoms with Gasteiger partial charge in [-0.25, -0.2) is 4.68 Å². The molecule has 7 heteroatoms. The summed E-state index contributed by atoms with van der Waals surface area (Å²) in [6.45, 7) is 5.05. The van der Waals surface area contributed by atoms with Crippen molar-refractivity contribution in [2.45, 2.75) is 38.3 Å². The third-order valence-electron chi connectivity index (χ3n) is 4.59. The van der Waals surface area contributed by atoms with E-state index in [-0.39, 0.29) is 5.91 Å². The molecule has 2 unspecified atom stereocenters. The maximum atomic E-state index is 12.7. The molecule has 0 radical (unpaired) electrons. The fraction of sp³-hybridized carbons (Fsp3) is 0.529. The highest BCUT2D eigenvalue weighted by Crippen LogP contribution is 2.14. The average molecular weight is 328 g/mol. The molecule has 24 heavy (non-hydrogen) atoms. The number of carbonyl (C=O) groups is 1. The lowest BCUT2D eigenvalue weighted by atomic mass is 10.1. The van der Waals surface area contributed by atoms with Gasteiger partial charge in [-0.15, -0.1) is 5.10 Å². The second kappa shape index (κ2) is 8.01. The van der Waals surface area contributed by atoms with E-state index in [2.05, 4.69) is 32.7 Å². The molecule has 1 aliphatic rings. The van der Waals surface area contributed by atoms with Crippen LogP contribution in [0.3, 0.4) is 0 Å². The second-order valence-corrected chi connectivity index (χ2v) is 6.33. The van der Waals surface area contributed by atoms with Gasteiger partial charge in [-0.3, -0.25) is 9.69 Å². The van der Waals surface area contributed by atoms with Crippen LogP contribution in [0.2, 0.25) is 0 Å². The molecule has 2 heterocycles. The van der Waals surface area contributed by atoms with Crippen LogP contribution in [0.4, 0.5) is 0 Å². The Morgan fingerprint density at radius 2 is 2.00 bits per heavy atom. The predicted octanol–water partition coefficient (Wildman–Crippen LogP) is 1.06. The molecular weight excluding hydrogens is 304 g/mol. The van der Waals surface area contributed by atoms with Gasteiger partial charge in [0.1, 0.15) is 12.4 Å². The monoisotopic (exact) mass is 328 g/mol. The number of tetrazole rings is 1. The number of rotatable bonds is 7. The number of hydrogen-bond donors (Lipinski definition) is 1. The summed E-state index contributed by atoms with van der Waals surface area (Å²) in [5.41, 5.74) is 1.08. The molecule has 3 rings (SSSR count). The largest absolute Gasteiger partial charge is 0.353 e. The summed E-state index contributed by atoms with van der Waals surface area (Å²) in [6, 6.07) is 9.84. The highest BCUT2D eigenvalue weighted by atomic mass is 16.2. The van der Waals surface area contributed by atoms with Gasteiger partial charge in [0.25, 0.3) is 0 Å². The number of amides is 1. The topological polar surface area (TPSA) is 75.9 Å². The van der Waals surface area contributed by atoms with Crippen LogP contribution in [0.15, 0.2) is 36.7 Å². The number of benzene rings is 1. The Hall–Kier alpha value is -2.28. The minimum absolute atomic E-state index is 0.0443. The predicted molar refractivity (Wildman–Crippen MR) is 90.3 cm³/mol. The van der Waals surface area contributed by atoms with E-state index < -0.39 is 6.04 Å². The minimum Gasteiger partial charge on any atom is -0.353 e. The van der Waals surface area contributed by atoms with Crippen LogP contribution >= 0.6 is 0 Å². The van der Waals surface area contributed by atoms with Crippen LogP contribution < -0.4 is 5.32 Å². The van der Waals surface area contributed by atoms with Crippen molar-refractivity contribution in [3.63, 3.8) is 0 Å². The lowest BCUT2D eigenvalue weighted by Gasteiger charge is -2.25. The van der Waals surface area contributed by atoms with Gasteiger partial charge in [-0.05, 0) is 48.8 Å². The summed E-state index contributed by atoms with van der Waals surface area (Å²) in [5, 5.41) is 14.3. The van der Waals surface area contributed by atoms with Gasteiger partial charge >= 0.3 is 0 Å². The Labute approximate surface area is 142 Å². The van der Waals surface area contributed by atoms with E-state index in [4.69, 9.17) is 0 Å². The molecule has 0 spiro atoms. The third-order valence-corrected chi connectivity index (χ3v) is 4.59. The van der Waals surface area contributed by atoms with Crippen LogP contribution in [0.5, 0.6) is 0 Å². The van der Waals surface area contributed by atoms with Crippen LogP contribution in [-0.4, -0.2) is 56.7 Å². The molecule has 1 amide bonds. The van der Waals surface area contributed by atoms with Gasteiger partial charge in [-0.2, -0.15) is 0 Å². The number of likely N-dealkylation sites (tertiary alicyclic amines) is 1. The summed E-state index contributed by atoms with van der Waals surface area (Å²) in [5.74, 6) is -0.0443. The standard InChI is InChI=1S/C17H24N6O/c1-14(22-9-5-6-10-22)12-18-17(24)16(23-13-19-20-21-23)11-15-7-3-2-4-8-15/h2-4,7-8,13-14,16H,5-6,9-12H2,1H3,(H,18,24). The summed E-state index contributed by atoms with van der Waals surface area (Å²) in [4.78, 5) is 15.1. The second-order valence-electron chi connectivity index (χ2n) is 6.33. The third kappa shape index (κ3) is 4.17. The first-order valence-corrected chi connectivity index (χ1v) is 8.52. The number of aromatic nitrogens is 4. The lowest BCUT2D eigenvalue weighted by Crippen LogP contribution is -2.43. The van der Waals surface area contributed by atoms with Gasteiger partial charge in [0.05, 0.1) is 0 Å². The Morgan fingerprint density at radius 3 is 2.67 bits per heavy atom. The van der Waals surface area contributed by atoms with Gasteiger partial charge in [0.15, 0.2) is 0 Å². The van der Waals surface area contributed by atoms with Crippen molar-refractivity contribution < 1.29 is 4.79 Å². The summed E-state index contributed by atoms with van der Waals surface area (Å²) >= 11 is 0. The highest BCUT2D eigenvalue weighted by molar-refractivity contribution is 5.80. The van der Waals surface area contributed by atoms with Gasteiger partial charge in [-0.1, -0.05) is 30.3 Å². The van der Waals surface area contributed by atoms with Crippen LogP contribution in [0.1, 0.15) is 31.4 Å². The molecular formula is C17H24N6O. The molecule has 0 aliphatic carbocycles. The quantitative estimate of drug-likeness (QED) is 0.822. The molecule has 1 aromatic heterocycles. The zero-order valence-corrected chi connectivity index (χ0v) is 14.0. The van der Waals surface area contributed by atoms with Crippen molar-refractivity contribution in [3.8, 4) is 0 Å². The molecule has 1 aliphatic heterocycles. The summed E-state index contributed by atoms with van der Waals surface area (Å²) in [7, 11) is 0. The molecule has 1 saturated heterocycles. The lowest BCUT2D eigenvalue weighted by molar-refractivity contribution is -0.124. The van der Waals surface area contributed by atoms with Gasteiger partial charge in [0.2, 0.25) is 5.91 Å². The summed E-state index contributed by atoms with van der Waals surface area (Å²) in [6.07, 6.45) is 4.56. The molecule has 1 N–H and O–H groups in total. The van der Waals surface area contributed by atoms with Crippen molar-refractivity contribution in [3.05, 3.63) is 42.2 Å². The first-order chi connectivity index (χ1) is 11.7. The first kappa shape index (κ1) is 16.6. The van der Waals surface area contributed by atoms with E-state index >= 15 is 0 Å². The molecule has 1 fully saturated rings. The maximum absolute atomic E-state index is 12.7. The fourth-order valence-corrected chi connectivity index (χ4v) is 3.13. The SMILES string of the molecule is CC(CNC(=O)C(Cc1ccccc1)n1cnnn1)N1CCCC1. The number of nitrogens with one attached hydrogen (secondary N) is 1. The minimum atomic E-state index is -0.437. The number of carbonyl (C=O) groups excluding carboxylic acids is 1.